The van der Waals surface area contributed by atoms with Crippen LogP contribution in [-0.4, -0.2) is 20.0 Å². The summed E-state index contributed by atoms with van der Waals surface area (Å²) in [4.78, 5) is 0. The molecular weight excluding hydrogens is 196 g/mol. The molecule has 78 valence electrons. The van der Waals surface area contributed by atoms with Crippen LogP contribution in [0.2, 0.25) is 0 Å². The highest BCUT2D eigenvalue weighted by Crippen LogP contribution is 2.30. The molecule has 0 fully saturated rings. The molecule has 1 rings (SSSR count). The van der Waals surface area contributed by atoms with Gasteiger partial charge in [0.05, 0.1) is 14.2 Å². The highest BCUT2D eigenvalue weighted by atomic mass is 32.1. The highest BCUT2D eigenvalue weighted by Gasteiger charge is 2.09. The van der Waals surface area contributed by atoms with E-state index in [1.807, 2.05) is 19.1 Å². The maximum Gasteiger partial charge on any atom is 0.126 e. The molecule has 0 radical (unpaired) electrons. The van der Waals surface area contributed by atoms with Crippen molar-refractivity contribution < 1.29 is 9.47 Å². The Kier molecular flexibility index (Phi) is 4.14. The van der Waals surface area contributed by atoms with Gasteiger partial charge in [0.2, 0.25) is 0 Å². The first-order chi connectivity index (χ1) is 6.72. The molecule has 0 aliphatic heterocycles. The normalized spacial score (nSPS) is 10.0. The molecule has 0 unspecified atom stereocenters. The Morgan fingerprint density at radius 3 is 2.00 bits per heavy atom. The Morgan fingerprint density at radius 2 is 1.64 bits per heavy atom. The average molecular weight is 212 g/mol. The van der Waals surface area contributed by atoms with E-state index in [-0.39, 0.29) is 0 Å². The van der Waals surface area contributed by atoms with Gasteiger partial charge < -0.3 is 9.47 Å². The molecule has 1 aromatic carbocycles. The smallest absolute Gasteiger partial charge is 0.126 e. The summed E-state index contributed by atoms with van der Waals surface area (Å²) in [6, 6.07) is 4.03. The number of benzene rings is 1. The van der Waals surface area contributed by atoms with Gasteiger partial charge in [0, 0.05) is 5.56 Å². The molecule has 0 atom stereocenters. The summed E-state index contributed by atoms with van der Waals surface area (Å²) in [6.07, 6.45) is 0.857. The fraction of sp³-hybridized carbons (Fsp3) is 0.455. The fourth-order valence-electron chi connectivity index (χ4n) is 1.47. The molecule has 1 aromatic rings. The van der Waals surface area contributed by atoms with Crippen LogP contribution >= 0.6 is 12.6 Å². The van der Waals surface area contributed by atoms with Gasteiger partial charge in [-0.15, -0.1) is 0 Å². The maximum atomic E-state index is 5.31. The summed E-state index contributed by atoms with van der Waals surface area (Å²) in [7, 11) is 3.35. The van der Waals surface area contributed by atoms with E-state index in [0.717, 1.165) is 34.8 Å². The third kappa shape index (κ3) is 2.35. The molecule has 0 heterocycles. The second kappa shape index (κ2) is 5.15. The minimum Gasteiger partial charge on any atom is -0.496 e. The lowest BCUT2D eigenvalue weighted by molar-refractivity contribution is 0.386. The highest BCUT2D eigenvalue weighted by molar-refractivity contribution is 7.80. The van der Waals surface area contributed by atoms with E-state index in [9.17, 15) is 0 Å². The van der Waals surface area contributed by atoms with Crippen molar-refractivity contribution in [3.8, 4) is 11.5 Å². The van der Waals surface area contributed by atoms with Gasteiger partial charge in [-0.25, -0.2) is 0 Å². The number of hydrogen-bond acceptors (Lipinski definition) is 3. The van der Waals surface area contributed by atoms with Crippen LogP contribution in [-0.2, 0) is 6.42 Å². The van der Waals surface area contributed by atoms with Crippen molar-refractivity contribution in [3.63, 3.8) is 0 Å². The van der Waals surface area contributed by atoms with Crippen LogP contribution in [0.5, 0.6) is 11.5 Å². The van der Waals surface area contributed by atoms with Crippen molar-refractivity contribution in [2.45, 2.75) is 13.3 Å². The summed E-state index contributed by atoms with van der Waals surface area (Å²) in [5, 5.41) is 0. The van der Waals surface area contributed by atoms with Crippen LogP contribution < -0.4 is 9.47 Å². The number of methoxy groups -OCH3 is 2. The zero-order chi connectivity index (χ0) is 10.6. The molecular formula is C11H16O2S. The van der Waals surface area contributed by atoms with Crippen LogP contribution in [0.3, 0.4) is 0 Å². The van der Waals surface area contributed by atoms with E-state index in [0.29, 0.717) is 0 Å². The van der Waals surface area contributed by atoms with Gasteiger partial charge in [0.1, 0.15) is 11.5 Å². The van der Waals surface area contributed by atoms with Crippen molar-refractivity contribution in [1.82, 2.24) is 0 Å². The number of ether oxygens (including phenoxy) is 2. The van der Waals surface area contributed by atoms with E-state index in [2.05, 4.69) is 12.6 Å². The second-order valence-electron chi connectivity index (χ2n) is 3.12. The average Bonchev–Trinajstić information content (AvgIpc) is 2.20. The lowest BCUT2D eigenvalue weighted by atomic mass is 10.1. The van der Waals surface area contributed by atoms with E-state index in [1.54, 1.807) is 14.2 Å². The number of aryl methyl sites for hydroxylation is 1. The summed E-state index contributed by atoms with van der Waals surface area (Å²) < 4.78 is 10.6. The molecule has 14 heavy (non-hydrogen) atoms. The van der Waals surface area contributed by atoms with Crippen LogP contribution in [0.25, 0.3) is 0 Å². The Labute approximate surface area is 90.6 Å². The number of rotatable bonds is 4. The molecule has 0 aliphatic carbocycles. The maximum absolute atomic E-state index is 5.31. The van der Waals surface area contributed by atoms with Crippen molar-refractivity contribution in [2.24, 2.45) is 0 Å². The van der Waals surface area contributed by atoms with E-state index >= 15 is 0 Å². The second-order valence-corrected chi connectivity index (χ2v) is 3.57. The zero-order valence-corrected chi connectivity index (χ0v) is 9.73. The largest absolute Gasteiger partial charge is 0.496 e. The lowest BCUT2D eigenvalue weighted by Gasteiger charge is -2.13. The minimum absolute atomic E-state index is 0.787. The summed E-state index contributed by atoms with van der Waals surface area (Å²) in [5.74, 6) is 2.56. The van der Waals surface area contributed by atoms with Gasteiger partial charge in [-0.3, -0.25) is 0 Å². The lowest BCUT2D eigenvalue weighted by Crippen LogP contribution is -1.98. The first-order valence-corrected chi connectivity index (χ1v) is 5.18. The molecule has 2 nitrogen and oxygen atoms in total. The molecule has 0 aromatic heterocycles. The molecule has 0 aliphatic rings. The summed E-state index contributed by atoms with van der Waals surface area (Å²) >= 11 is 4.22. The van der Waals surface area contributed by atoms with Gasteiger partial charge in [0.25, 0.3) is 0 Å². The first-order valence-electron chi connectivity index (χ1n) is 4.55. The Morgan fingerprint density at radius 1 is 1.14 bits per heavy atom. The van der Waals surface area contributed by atoms with E-state index in [4.69, 9.17) is 9.47 Å². The van der Waals surface area contributed by atoms with Crippen LogP contribution in [0.1, 0.15) is 11.1 Å². The van der Waals surface area contributed by atoms with Crippen molar-refractivity contribution >= 4 is 12.6 Å². The van der Waals surface area contributed by atoms with Gasteiger partial charge in [-0.1, -0.05) is 0 Å². The van der Waals surface area contributed by atoms with Crippen LogP contribution in [0.4, 0.5) is 0 Å². The SMILES string of the molecule is COc1cc(C)cc(OC)c1CCS. The van der Waals surface area contributed by atoms with Crippen molar-refractivity contribution in [3.05, 3.63) is 23.3 Å². The zero-order valence-electron chi connectivity index (χ0n) is 8.83. The third-order valence-electron chi connectivity index (χ3n) is 2.11. The van der Waals surface area contributed by atoms with Gasteiger partial charge in [-0.05, 0) is 36.8 Å². The molecule has 0 N–H and O–H groups in total. The van der Waals surface area contributed by atoms with Crippen LogP contribution in [0, 0.1) is 6.92 Å². The third-order valence-corrected chi connectivity index (χ3v) is 2.34. The number of thiol groups is 1. The Bertz CT molecular complexity index is 285. The van der Waals surface area contributed by atoms with Gasteiger partial charge in [-0.2, -0.15) is 12.6 Å². The molecule has 0 saturated heterocycles. The predicted molar refractivity (Wildman–Crippen MR) is 61.8 cm³/mol. The standard InChI is InChI=1S/C11H16O2S/c1-8-6-10(12-2)9(4-5-14)11(7-8)13-3/h6-7,14H,4-5H2,1-3H3. The van der Waals surface area contributed by atoms with Gasteiger partial charge >= 0.3 is 0 Å². The Hall–Kier alpha value is -0.830. The predicted octanol–water partition coefficient (Wildman–Crippen LogP) is 2.48. The molecule has 0 bridgehead atoms. The number of hydrogen-bond donors (Lipinski definition) is 1. The molecule has 0 saturated carbocycles. The molecule has 0 spiro atoms. The topological polar surface area (TPSA) is 18.5 Å². The Balaban J connectivity index is 3.18. The fourth-order valence-corrected chi connectivity index (χ4v) is 1.70. The first kappa shape index (κ1) is 11.2. The molecule has 0 amide bonds. The quantitative estimate of drug-likeness (QED) is 0.773. The van der Waals surface area contributed by atoms with E-state index < -0.39 is 0 Å². The van der Waals surface area contributed by atoms with Gasteiger partial charge in [0.15, 0.2) is 0 Å². The summed E-state index contributed by atoms with van der Waals surface area (Å²) in [5.41, 5.74) is 2.23. The summed E-state index contributed by atoms with van der Waals surface area (Å²) in [6.45, 7) is 2.02. The van der Waals surface area contributed by atoms with Crippen molar-refractivity contribution in [2.75, 3.05) is 20.0 Å². The van der Waals surface area contributed by atoms with E-state index in [1.165, 1.54) is 0 Å². The minimum atomic E-state index is 0.787. The van der Waals surface area contributed by atoms with Crippen LogP contribution in [0.15, 0.2) is 12.1 Å². The monoisotopic (exact) mass is 212 g/mol. The van der Waals surface area contributed by atoms with Crippen molar-refractivity contribution in [1.29, 1.82) is 0 Å². The molecule has 3 heteroatoms.